The summed E-state index contributed by atoms with van der Waals surface area (Å²) in [6, 6.07) is 9.78. The summed E-state index contributed by atoms with van der Waals surface area (Å²) < 4.78 is 33.2. The molecule has 3 aromatic rings. The second-order valence-electron chi connectivity index (χ2n) is 8.94. The molecule has 1 fully saturated rings. The predicted octanol–water partition coefficient (Wildman–Crippen LogP) is 4.29. The lowest BCUT2D eigenvalue weighted by Gasteiger charge is -2.26. The predicted molar refractivity (Wildman–Crippen MR) is 137 cm³/mol. The second kappa shape index (κ2) is 12.1. The smallest absolute Gasteiger partial charge is 0.200 e. The van der Waals surface area contributed by atoms with Crippen molar-refractivity contribution >= 4 is 16.7 Å². The van der Waals surface area contributed by atoms with E-state index in [9.17, 15) is 9.59 Å². The molecular weight excluding hydrogens is 463 g/mol. The number of halogens is 1. The number of benzene rings is 2. The lowest BCUT2D eigenvalue weighted by molar-refractivity contribution is -0.119. The van der Waals surface area contributed by atoms with Crippen LogP contribution in [0.1, 0.15) is 26.2 Å². The Hall–Kier alpha value is -3.23. The standard InChI is InChI=1S/C28H33FN2O5/c1-3-15-36-25-11-10-24(29)26-27(25)31(18-21(32)5-4-12-30-13-16-35-17-14-30)19-23(28(26)33)20-6-8-22(34-2)9-7-20/h6-11,19H,3-5,12-18H2,1-2H3. The van der Waals surface area contributed by atoms with Crippen molar-refractivity contribution in [3.05, 3.63) is 58.6 Å². The van der Waals surface area contributed by atoms with Gasteiger partial charge in [-0.2, -0.15) is 0 Å². The van der Waals surface area contributed by atoms with Crippen molar-refractivity contribution in [2.24, 2.45) is 0 Å². The zero-order valence-corrected chi connectivity index (χ0v) is 20.9. The van der Waals surface area contributed by atoms with Crippen LogP contribution in [0.3, 0.4) is 0 Å². The van der Waals surface area contributed by atoms with Crippen LogP contribution in [0.5, 0.6) is 11.5 Å². The summed E-state index contributed by atoms with van der Waals surface area (Å²) >= 11 is 0. The molecule has 36 heavy (non-hydrogen) atoms. The molecule has 1 aliphatic rings. The molecule has 0 radical (unpaired) electrons. The quantitative estimate of drug-likeness (QED) is 0.395. The Labute approximate surface area is 210 Å². The lowest BCUT2D eigenvalue weighted by Crippen LogP contribution is -2.37. The third kappa shape index (κ3) is 5.94. The van der Waals surface area contributed by atoms with Gasteiger partial charge in [-0.25, -0.2) is 4.39 Å². The van der Waals surface area contributed by atoms with Crippen molar-refractivity contribution in [2.45, 2.75) is 32.7 Å². The highest BCUT2D eigenvalue weighted by Crippen LogP contribution is 2.30. The maximum Gasteiger partial charge on any atom is 0.200 e. The fourth-order valence-electron chi connectivity index (χ4n) is 4.49. The Morgan fingerprint density at radius 1 is 1.11 bits per heavy atom. The Bertz CT molecular complexity index is 1250. The van der Waals surface area contributed by atoms with E-state index in [1.165, 1.54) is 12.1 Å². The number of rotatable bonds is 11. The minimum absolute atomic E-state index is 0.0135. The zero-order chi connectivity index (χ0) is 25.5. The SMILES string of the molecule is CCCOc1ccc(F)c2c(=O)c(-c3ccc(OC)cc3)cn(CC(=O)CCCN3CCOCC3)c12. The number of fused-ring (bicyclic) bond motifs is 1. The Morgan fingerprint density at radius 3 is 2.56 bits per heavy atom. The average molecular weight is 497 g/mol. The van der Waals surface area contributed by atoms with E-state index in [1.807, 2.05) is 6.92 Å². The molecule has 1 aliphatic heterocycles. The molecule has 0 amide bonds. The molecule has 0 saturated carbocycles. The topological polar surface area (TPSA) is 70.0 Å². The van der Waals surface area contributed by atoms with Gasteiger partial charge in [-0.3, -0.25) is 14.5 Å². The van der Waals surface area contributed by atoms with E-state index in [-0.39, 0.29) is 17.7 Å². The number of hydrogen-bond acceptors (Lipinski definition) is 6. The molecule has 0 N–H and O–H groups in total. The summed E-state index contributed by atoms with van der Waals surface area (Å²) in [5.74, 6) is 0.423. The Morgan fingerprint density at radius 2 is 1.86 bits per heavy atom. The molecule has 0 unspecified atom stereocenters. The number of aromatic nitrogens is 1. The van der Waals surface area contributed by atoms with Crippen LogP contribution in [0.4, 0.5) is 4.39 Å². The number of nitrogens with zero attached hydrogens (tertiary/aromatic N) is 2. The van der Waals surface area contributed by atoms with E-state index in [0.717, 1.165) is 45.7 Å². The van der Waals surface area contributed by atoms with Gasteiger partial charge in [0.05, 0.1) is 44.4 Å². The first-order valence-electron chi connectivity index (χ1n) is 12.5. The largest absolute Gasteiger partial charge is 0.497 e. The van der Waals surface area contributed by atoms with Crippen LogP contribution >= 0.6 is 0 Å². The fourth-order valence-corrected chi connectivity index (χ4v) is 4.49. The highest BCUT2D eigenvalue weighted by Gasteiger charge is 2.20. The number of pyridine rings is 1. The molecule has 1 aromatic heterocycles. The molecule has 0 atom stereocenters. The second-order valence-corrected chi connectivity index (χ2v) is 8.94. The number of methoxy groups -OCH3 is 1. The molecule has 0 aliphatic carbocycles. The Kier molecular flexibility index (Phi) is 8.72. The molecule has 2 aromatic carbocycles. The van der Waals surface area contributed by atoms with E-state index in [4.69, 9.17) is 14.2 Å². The summed E-state index contributed by atoms with van der Waals surface area (Å²) in [4.78, 5) is 28.8. The van der Waals surface area contributed by atoms with Gasteiger partial charge in [-0.15, -0.1) is 0 Å². The van der Waals surface area contributed by atoms with Gasteiger partial charge in [0.15, 0.2) is 11.2 Å². The first-order valence-corrected chi connectivity index (χ1v) is 12.5. The van der Waals surface area contributed by atoms with Crippen LogP contribution in [0.2, 0.25) is 0 Å². The number of carbonyl (C=O) groups excluding carboxylic acids is 1. The maximum absolute atomic E-state index is 15.1. The van der Waals surface area contributed by atoms with Crippen molar-refractivity contribution in [2.75, 3.05) is 46.6 Å². The van der Waals surface area contributed by atoms with Crippen molar-refractivity contribution in [3.8, 4) is 22.6 Å². The van der Waals surface area contributed by atoms with Crippen molar-refractivity contribution in [1.82, 2.24) is 9.47 Å². The van der Waals surface area contributed by atoms with Crippen LogP contribution in [0, 0.1) is 5.82 Å². The average Bonchev–Trinajstić information content (AvgIpc) is 2.90. The van der Waals surface area contributed by atoms with E-state index in [0.29, 0.717) is 41.2 Å². The molecule has 0 bridgehead atoms. The van der Waals surface area contributed by atoms with Gasteiger partial charge in [0, 0.05) is 31.3 Å². The van der Waals surface area contributed by atoms with E-state index >= 15 is 4.39 Å². The minimum Gasteiger partial charge on any atom is -0.497 e. The molecule has 4 rings (SSSR count). The maximum atomic E-state index is 15.1. The number of ether oxygens (including phenoxy) is 3. The monoisotopic (exact) mass is 496 g/mol. The first-order chi connectivity index (χ1) is 17.5. The van der Waals surface area contributed by atoms with Crippen LogP contribution < -0.4 is 14.9 Å². The number of Topliss-reactive ketones (excluding diaryl/α,β-unsaturated/α-hetero) is 1. The van der Waals surface area contributed by atoms with Gasteiger partial charge in [0.25, 0.3) is 0 Å². The molecule has 0 spiro atoms. The van der Waals surface area contributed by atoms with Crippen molar-refractivity contribution < 1.29 is 23.4 Å². The van der Waals surface area contributed by atoms with E-state index < -0.39 is 11.2 Å². The van der Waals surface area contributed by atoms with Gasteiger partial charge in [-0.1, -0.05) is 19.1 Å². The summed E-state index contributed by atoms with van der Waals surface area (Å²) in [6.45, 7) is 6.43. The van der Waals surface area contributed by atoms with Gasteiger partial charge < -0.3 is 18.8 Å². The number of morpholine rings is 1. The molecule has 8 heteroatoms. The van der Waals surface area contributed by atoms with Gasteiger partial charge >= 0.3 is 0 Å². The summed E-state index contributed by atoms with van der Waals surface area (Å²) in [5, 5.41) is -0.0713. The third-order valence-electron chi connectivity index (χ3n) is 6.38. The molecular formula is C28H33FN2O5. The number of ketones is 1. The zero-order valence-electron chi connectivity index (χ0n) is 20.9. The minimum atomic E-state index is -0.636. The van der Waals surface area contributed by atoms with E-state index in [2.05, 4.69) is 4.90 Å². The van der Waals surface area contributed by atoms with E-state index in [1.54, 1.807) is 42.1 Å². The molecule has 1 saturated heterocycles. The van der Waals surface area contributed by atoms with Crippen LogP contribution in [-0.2, 0) is 16.1 Å². The van der Waals surface area contributed by atoms with Crippen molar-refractivity contribution in [3.63, 3.8) is 0 Å². The van der Waals surface area contributed by atoms with Crippen LogP contribution in [0.15, 0.2) is 47.4 Å². The highest BCUT2D eigenvalue weighted by atomic mass is 19.1. The summed E-state index contributed by atoms with van der Waals surface area (Å²) in [5.41, 5.74) is 0.811. The molecule has 2 heterocycles. The fraction of sp³-hybridized carbons (Fsp3) is 0.429. The summed E-state index contributed by atoms with van der Waals surface area (Å²) in [7, 11) is 1.57. The van der Waals surface area contributed by atoms with Crippen LogP contribution in [-0.4, -0.2) is 61.8 Å². The molecule has 192 valence electrons. The number of hydrogen-bond donors (Lipinski definition) is 0. The Balaban J connectivity index is 1.69. The normalized spacial score (nSPS) is 14.2. The molecule has 7 nitrogen and oxygen atoms in total. The lowest BCUT2D eigenvalue weighted by atomic mass is 10.0. The van der Waals surface area contributed by atoms with Gasteiger partial charge in [-0.05, 0) is 49.2 Å². The highest BCUT2D eigenvalue weighted by molar-refractivity contribution is 5.90. The van der Waals surface area contributed by atoms with Crippen molar-refractivity contribution in [1.29, 1.82) is 0 Å². The van der Waals surface area contributed by atoms with Gasteiger partial charge in [0.2, 0.25) is 0 Å². The third-order valence-corrected chi connectivity index (χ3v) is 6.38. The first kappa shape index (κ1) is 25.9. The van der Waals surface area contributed by atoms with Gasteiger partial charge in [0.1, 0.15) is 17.3 Å². The number of carbonyl (C=O) groups is 1. The van der Waals surface area contributed by atoms with Crippen LogP contribution in [0.25, 0.3) is 22.0 Å². The summed E-state index contributed by atoms with van der Waals surface area (Å²) in [6.07, 6.45) is 3.53.